The first-order valence-corrected chi connectivity index (χ1v) is 8.16. The van der Waals surface area contributed by atoms with E-state index >= 15 is 0 Å². The monoisotopic (exact) mass is 277 g/mol. The standard InChI is InChI=1S/C17H31N3/c1-17(2,3)18-12-16-9-7-5-6-8-15(16)10-14-11-19-20(4)13-14/h11,13,15-16,18H,5-10,12H2,1-4H3. The third-order valence-electron chi connectivity index (χ3n) is 4.47. The lowest BCUT2D eigenvalue weighted by Gasteiger charge is -2.29. The van der Waals surface area contributed by atoms with Crippen molar-refractivity contribution in [2.24, 2.45) is 18.9 Å². The van der Waals surface area contributed by atoms with Crippen molar-refractivity contribution in [2.45, 2.75) is 64.8 Å². The molecule has 0 amide bonds. The van der Waals surface area contributed by atoms with Crippen LogP contribution < -0.4 is 5.32 Å². The van der Waals surface area contributed by atoms with E-state index in [4.69, 9.17) is 0 Å². The van der Waals surface area contributed by atoms with E-state index < -0.39 is 0 Å². The molecule has 114 valence electrons. The molecule has 0 bridgehead atoms. The molecule has 1 fully saturated rings. The fourth-order valence-corrected chi connectivity index (χ4v) is 3.32. The SMILES string of the molecule is Cn1cc(CC2CCCCCC2CNC(C)(C)C)cn1. The number of aromatic nitrogens is 2. The molecule has 1 N–H and O–H groups in total. The summed E-state index contributed by atoms with van der Waals surface area (Å²) in [6.45, 7) is 7.95. The first-order chi connectivity index (χ1) is 9.44. The number of nitrogens with one attached hydrogen (secondary N) is 1. The van der Waals surface area contributed by atoms with Gasteiger partial charge in [0.25, 0.3) is 0 Å². The van der Waals surface area contributed by atoms with E-state index in [1.165, 1.54) is 44.1 Å². The average molecular weight is 277 g/mol. The second-order valence-electron chi connectivity index (χ2n) is 7.52. The molecule has 2 atom stereocenters. The molecule has 1 heterocycles. The van der Waals surface area contributed by atoms with Crippen LogP contribution in [0.2, 0.25) is 0 Å². The summed E-state index contributed by atoms with van der Waals surface area (Å²) in [5.41, 5.74) is 1.63. The Bertz CT molecular complexity index is 403. The zero-order valence-electron chi connectivity index (χ0n) is 13.7. The highest BCUT2D eigenvalue weighted by atomic mass is 15.2. The van der Waals surface area contributed by atoms with Crippen molar-refractivity contribution in [1.82, 2.24) is 15.1 Å². The lowest BCUT2D eigenvalue weighted by molar-refractivity contribution is 0.270. The zero-order chi connectivity index (χ0) is 14.6. The van der Waals surface area contributed by atoms with E-state index in [9.17, 15) is 0 Å². The predicted octanol–water partition coefficient (Wildman–Crippen LogP) is 3.55. The van der Waals surface area contributed by atoms with Crippen LogP contribution in [-0.4, -0.2) is 21.9 Å². The zero-order valence-corrected chi connectivity index (χ0v) is 13.7. The Kier molecular flexibility index (Phi) is 5.25. The highest BCUT2D eigenvalue weighted by molar-refractivity contribution is 5.05. The van der Waals surface area contributed by atoms with Crippen LogP contribution in [0.25, 0.3) is 0 Å². The van der Waals surface area contributed by atoms with Crippen molar-refractivity contribution in [3.05, 3.63) is 18.0 Å². The van der Waals surface area contributed by atoms with Gasteiger partial charge in [-0.2, -0.15) is 5.10 Å². The maximum absolute atomic E-state index is 4.32. The molecule has 1 aromatic rings. The van der Waals surface area contributed by atoms with Crippen LogP contribution in [-0.2, 0) is 13.5 Å². The minimum atomic E-state index is 0.227. The van der Waals surface area contributed by atoms with Gasteiger partial charge in [-0.05, 0) is 64.0 Å². The fraction of sp³-hybridized carbons (Fsp3) is 0.824. The van der Waals surface area contributed by atoms with Gasteiger partial charge in [0.2, 0.25) is 0 Å². The number of nitrogens with zero attached hydrogens (tertiary/aromatic N) is 2. The maximum Gasteiger partial charge on any atom is 0.0521 e. The first-order valence-electron chi connectivity index (χ1n) is 8.16. The fourth-order valence-electron chi connectivity index (χ4n) is 3.32. The van der Waals surface area contributed by atoms with E-state index in [1.54, 1.807) is 0 Å². The van der Waals surface area contributed by atoms with E-state index in [2.05, 4.69) is 37.4 Å². The Morgan fingerprint density at radius 1 is 1.20 bits per heavy atom. The molecule has 0 spiro atoms. The molecule has 3 heteroatoms. The summed E-state index contributed by atoms with van der Waals surface area (Å²) in [7, 11) is 2.01. The van der Waals surface area contributed by atoms with Gasteiger partial charge in [0.1, 0.15) is 0 Å². The topological polar surface area (TPSA) is 29.9 Å². The summed E-state index contributed by atoms with van der Waals surface area (Å²) >= 11 is 0. The highest BCUT2D eigenvalue weighted by Crippen LogP contribution is 2.31. The molecule has 1 aromatic heterocycles. The third-order valence-corrected chi connectivity index (χ3v) is 4.47. The lowest BCUT2D eigenvalue weighted by atomic mass is 9.83. The van der Waals surface area contributed by atoms with Gasteiger partial charge in [-0.15, -0.1) is 0 Å². The lowest BCUT2D eigenvalue weighted by Crippen LogP contribution is -2.40. The molecule has 2 unspecified atom stereocenters. The summed E-state index contributed by atoms with van der Waals surface area (Å²) in [4.78, 5) is 0. The van der Waals surface area contributed by atoms with Gasteiger partial charge in [0.15, 0.2) is 0 Å². The minimum Gasteiger partial charge on any atom is -0.312 e. The molecule has 0 radical (unpaired) electrons. The largest absolute Gasteiger partial charge is 0.312 e. The van der Waals surface area contributed by atoms with Gasteiger partial charge >= 0.3 is 0 Å². The van der Waals surface area contributed by atoms with E-state index in [-0.39, 0.29) is 5.54 Å². The highest BCUT2D eigenvalue weighted by Gasteiger charge is 2.25. The minimum absolute atomic E-state index is 0.227. The third kappa shape index (κ3) is 4.93. The van der Waals surface area contributed by atoms with E-state index in [1.807, 2.05) is 17.9 Å². The van der Waals surface area contributed by atoms with Crippen LogP contribution in [0.5, 0.6) is 0 Å². The molecule has 0 saturated heterocycles. The van der Waals surface area contributed by atoms with Crippen LogP contribution in [0.4, 0.5) is 0 Å². The predicted molar refractivity (Wildman–Crippen MR) is 84.7 cm³/mol. The maximum atomic E-state index is 4.32. The normalized spacial score (nSPS) is 24.6. The van der Waals surface area contributed by atoms with Crippen molar-refractivity contribution in [3.8, 4) is 0 Å². The summed E-state index contributed by atoms with van der Waals surface area (Å²) in [5, 5.41) is 8.04. The molecule has 3 nitrogen and oxygen atoms in total. The van der Waals surface area contributed by atoms with Gasteiger partial charge in [-0.25, -0.2) is 0 Å². The quantitative estimate of drug-likeness (QED) is 0.853. The van der Waals surface area contributed by atoms with Crippen molar-refractivity contribution in [2.75, 3.05) is 6.54 Å². The molecule has 1 saturated carbocycles. The smallest absolute Gasteiger partial charge is 0.0521 e. The molecule has 20 heavy (non-hydrogen) atoms. The van der Waals surface area contributed by atoms with Crippen LogP contribution in [0, 0.1) is 11.8 Å². The average Bonchev–Trinajstić information content (AvgIpc) is 2.63. The van der Waals surface area contributed by atoms with Crippen LogP contribution in [0.15, 0.2) is 12.4 Å². The summed E-state index contributed by atoms with van der Waals surface area (Å²) in [5.74, 6) is 1.63. The number of hydrogen-bond acceptors (Lipinski definition) is 2. The Labute approximate surface area is 124 Å². The van der Waals surface area contributed by atoms with E-state index in [0.29, 0.717) is 0 Å². The summed E-state index contributed by atoms with van der Waals surface area (Å²) in [6.07, 6.45) is 12.4. The molecular formula is C17H31N3. The van der Waals surface area contributed by atoms with Crippen LogP contribution in [0.3, 0.4) is 0 Å². The van der Waals surface area contributed by atoms with E-state index in [0.717, 1.165) is 18.4 Å². The molecule has 1 aliphatic carbocycles. The van der Waals surface area contributed by atoms with Gasteiger partial charge in [-0.1, -0.05) is 19.3 Å². The van der Waals surface area contributed by atoms with Gasteiger partial charge in [0, 0.05) is 18.8 Å². The molecule has 0 aromatic carbocycles. The number of hydrogen-bond donors (Lipinski definition) is 1. The molecule has 0 aliphatic heterocycles. The van der Waals surface area contributed by atoms with Crippen molar-refractivity contribution in [3.63, 3.8) is 0 Å². The summed E-state index contributed by atoms with van der Waals surface area (Å²) < 4.78 is 1.93. The Morgan fingerprint density at radius 2 is 1.90 bits per heavy atom. The second kappa shape index (κ2) is 6.75. The molecule has 1 aliphatic rings. The molecular weight excluding hydrogens is 246 g/mol. The van der Waals surface area contributed by atoms with Crippen molar-refractivity contribution >= 4 is 0 Å². The summed E-state index contributed by atoms with van der Waals surface area (Å²) in [6, 6.07) is 0. The van der Waals surface area contributed by atoms with Gasteiger partial charge < -0.3 is 5.32 Å². The van der Waals surface area contributed by atoms with Gasteiger partial charge in [0.05, 0.1) is 6.20 Å². The molecule has 2 rings (SSSR count). The first kappa shape index (κ1) is 15.6. The second-order valence-corrected chi connectivity index (χ2v) is 7.52. The van der Waals surface area contributed by atoms with Gasteiger partial charge in [-0.3, -0.25) is 4.68 Å². The van der Waals surface area contributed by atoms with Crippen LogP contribution >= 0.6 is 0 Å². The van der Waals surface area contributed by atoms with Crippen molar-refractivity contribution in [1.29, 1.82) is 0 Å². The Morgan fingerprint density at radius 3 is 2.50 bits per heavy atom. The van der Waals surface area contributed by atoms with Crippen molar-refractivity contribution < 1.29 is 0 Å². The Balaban J connectivity index is 1.97. The van der Waals surface area contributed by atoms with Crippen LogP contribution in [0.1, 0.15) is 58.4 Å². The number of aryl methyl sites for hydroxylation is 1. The Hall–Kier alpha value is -0.830. The number of rotatable bonds is 4.